The molecule has 0 aliphatic carbocycles. The van der Waals surface area contributed by atoms with Gasteiger partial charge in [-0.15, -0.1) is 0 Å². The molecule has 3 N–H and O–H groups in total. The largest absolute Gasteiger partial charge is 0.385 e. The van der Waals surface area contributed by atoms with E-state index in [1.807, 2.05) is 31.2 Å². The molecule has 1 saturated heterocycles. The number of nitrogens with one attached hydrogen (secondary N) is 2. The lowest BCUT2D eigenvalue weighted by Crippen LogP contribution is -2.57. The van der Waals surface area contributed by atoms with Gasteiger partial charge in [0.05, 0.1) is 4.90 Å². The normalized spacial score (nSPS) is 16.6. The van der Waals surface area contributed by atoms with Crippen molar-refractivity contribution >= 4 is 33.0 Å². The SMILES string of the molecule is CCN1CCC(C(=O)NO)(S(=O)(=O)c2ccc(NCCc3ccc(Cl)cc3)cc2)CC1. The van der Waals surface area contributed by atoms with E-state index in [9.17, 15) is 18.4 Å². The molecule has 0 saturated carbocycles. The third-order valence-corrected chi connectivity index (χ3v) is 8.73. The van der Waals surface area contributed by atoms with Crippen LogP contribution in [0.3, 0.4) is 0 Å². The fraction of sp³-hybridized carbons (Fsp3) is 0.409. The molecular formula is C22H28ClN3O4S. The number of carbonyl (C=O) groups excluding carboxylic acids is 1. The summed E-state index contributed by atoms with van der Waals surface area (Å²) in [5, 5.41) is 13.2. The van der Waals surface area contributed by atoms with E-state index >= 15 is 0 Å². The number of carbonyl (C=O) groups is 1. The molecule has 0 bridgehead atoms. The number of rotatable bonds is 8. The van der Waals surface area contributed by atoms with Crippen LogP contribution in [0.4, 0.5) is 5.69 Å². The van der Waals surface area contributed by atoms with Gasteiger partial charge in [0.25, 0.3) is 5.91 Å². The molecule has 3 rings (SSSR count). The highest BCUT2D eigenvalue weighted by Crippen LogP contribution is 2.36. The summed E-state index contributed by atoms with van der Waals surface area (Å²) in [5.74, 6) is -0.867. The summed E-state index contributed by atoms with van der Waals surface area (Å²) >= 11 is 5.90. The van der Waals surface area contributed by atoms with Crippen LogP contribution in [0.15, 0.2) is 53.4 Å². The molecule has 0 spiro atoms. The van der Waals surface area contributed by atoms with E-state index in [4.69, 9.17) is 11.6 Å². The smallest absolute Gasteiger partial charge is 0.265 e. The van der Waals surface area contributed by atoms with Gasteiger partial charge < -0.3 is 10.2 Å². The Morgan fingerprint density at radius 1 is 1.10 bits per heavy atom. The van der Waals surface area contributed by atoms with E-state index in [0.717, 1.165) is 24.2 Å². The van der Waals surface area contributed by atoms with Crippen LogP contribution >= 0.6 is 11.6 Å². The van der Waals surface area contributed by atoms with Crippen molar-refractivity contribution < 1.29 is 18.4 Å². The minimum absolute atomic E-state index is 0.0734. The van der Waals surface area contributed by atoms with E-state index < -0.39 is 20.5 Å². The minimum Gasteiger partial charge on any atom is -0.385 e. The second-order valence-electron chi connectivity index (χ2n) is 7.70. The van der Waals surface area contributed by atoms with Crippen molar-refractivity contribution in [2.75, 3.05) is 31.5 Å². The molecule has 1 heterocycles. The molecular weight excluding hydrogens is 438 g/mol. The molecule has 168 valence electrons. The van der Waals surface area contributed by atoms with Gasteiger partial charge in [-0.3, -0.25) is 10.0 Å². The first-order valence-electron chi connectivity index (χ1n) is 10.3. The van der Waals surface area contributed by atoms with E-state index in [0.29, 0.717) is 24.7 Å². The Bertz CT molecular complexity index is 986. The van der Waals surface area contributed by atoms with Crippen molar-refractivity contribution in [1.29, 1.82) is 0 Å². The van der Waals surface area contributed by atoms with Gasteiger partial charge in [0.15, 0.2) is 14.6 Å². The topological polar surface area (TPSA) is 98.7 Å². The van der Waals surface area contributed by atoms with E-state index in [2.05, 4.69) is 10.2 Å². The van der Waals surface area contributed by atoms with Gasteiger partial charge in [-0.2, -0.15) is 0 Å². The maximum absolute atomic E-state index is 13.4. The number of sulfone groups is 1. The second-order valence-corrected chi connectivity index (χ2v) is 10.4. The number of nitrogens with zero attached hydrogens (tertiary/aromatic N) is 1. The van der Waals surface area contributed by atoms with Crippen LogP contribution in [0.2, 0.25) is 5.02 Å². The highest BCUT2D eigenvalue weighted by atomic mass is 35.5. The number of halogens is 1. The molecule has 31 heavy (non-hydrogen) atoms. The third-order valence-electron chi connectivity index (χ3n) is 5.96. The molecule has 0 atom stereocenters. The Morgan fingerprint density at radius 3 is 2.26 bits per heavy atom. The first-order chi connectivity index (χ1) is 14.8. The van der Waals surface area contributed by atoms with Crippen LogP contribution < -0.4 is 10.8 Å². The van der Waals surface area contributed by atoms with Crippen LogP contribution in [0.1, 0.15) is 25.3 Å². The van der Waals surface area contributed by atoms with Gasteiger partial charge in [0.1, 0.15) is 0 Å². The fourth-order valence-electron chi connectivity index (χ4n) is 3.93. The molecule has 0 unspecified atom stereocenters. The summed E-state index contributed by atoms with van der Waals surface area (Å²) in [6.45, 7) is 4.41. The lowest BCUT2D eigenvalue weighted by molar-refractivity contribution is -0.133. The zero-order chi connectivity index (χ0) is 22.5. The van der Waals surface area contributed by atoms with E-state index in [1.54, 1.807) is 17.6 Å². The lowest BCUT2D eigenvalue weighted by atomic mass is 9.95. The Morgan fingerprint density at radius 2 is 1.71 bits per heavy atom. The monoisotopic (exact) mass is 465 g/mol. The van der Waals surface area contributed by atoms with Crippen LogP contribution in [0.5, 0.6) is 0 Å². The predicted octanol–water partition coefficient (Wildman–Crippen LogP) is 3.13. The van der Waals surface area contributed by atoms with Crippen LogP contribution in [-0.4, -0.2) is 55.4 Å². The molecule has 9 heteroatoms. The molecule has 1 aliphatic rings. The number of likely N-dealkylation sites (tertiary alicyclic amines) is 1. The summed E-state index contributed by atoms with van der Waals surface area (Å²) in [6.07, 6.45) is 1.07. The van der Waals surface area contributed by atoms with Crippen molar-refractivity contribution in [3.8, 4) is 0 Å². The Labute approximate surface area is 188 Å². The fourth-order valence-corrected chi connectivity index (χ4v) is 6.01. The Balaban J connectivity index is 1.71. The highest BCUT2D eigenvalue weighted by Gasteiger charge is 2.52. The van der Waals surface area contributed by atoms with Crippen molar-refractivity contribution in [2.45, 2.75) is 35.8 Å². The minimum atomic E-state index is -3.99. The Hall–Kier alpha value is -2.13. The number of benzene rings is 2. The average Bonchev–Trinajstić information content (AvgIpc) is 2.80. The average molecular weight is 466 g/mol. The molecule has 2 aromatic carbocycles. The maximum Gasteiger partial charge on any atom is 0.265 e. The third kappa shape index (κ3) is 5.03. The van der Waals surface area contributed by atoms with Crippen LogP contribution in [-0.2, 0) is 21.1 Å². The van der Waals surface area contributed by atoms with Crippen molar-refractivity contribution in [1.82, 2.24) is 10.4 Å². The summed E-state index contributed by atoms with van der Waals surface area (Å²) in [4.78, 5) is 14.7. The number of amides is 1. The zero-order valence-electron chi connectivity index (χ0n) is 17.5. The van der Waals surface area contributed by atoms with Crippen LogP contribution in [0, 0.1) is 0 Å². The summed E-state index contributed by atoms with van der Waals surface area (Å²) < 4.78 is 25.2. The quantitative estimate of drug-likeness (QED) is 0.409. The standard InChI is InChI=1S/C22H28ClN3O4S/c1-2-26-15-12-22(13-16-26,21(27)25-28)31(29,30)20-9-7-19(8-10-20)24-14-11-17-3-5-18(23)6-4-17/h3-10,24,28H,2,11-16H2,1H3,(H,25,27). The van der Waals surface area contributed by atoms with Gasteiger partial charge in [-0.05, 0) is 67.8 Å². The Kier molecular flexibility index (Phi) is 7.59. The first-order valence-corrected chi connectivity index (χ1v) is 12.2. The molecule has 7 nitrogen and oxygen atoms in total. The van der Waals surface area contributed by atoms with E-state index in [1.165, 1.54) is 12.1 Å². The number of hydroxylamine groups is 1. The summed E-state index contributed by atoms with van der Waals surface area (Å²) in [6, 6.07) is 14.0. The molecule has 1 aliphatic heterocycles. The van der Waals surface area contributed by atoms with Gasteiger partial charge in [0.2, 0.25) is 0 Å². The molecule has 2 aromatic rings. The van der Waals surface area contributed by atoms with E-state index in [-0.39, 0.29) is 17.7 Å². The van der Waals surface area contributed by atoms with Gasteiger partial charge in [-0.25, -0.2) is 13.9 Å². The second kappa shape index (κ2) is 9.99. The van der Waals surface area contributed by atoms with Crippen LogP contribution in [0.25, 0.3) is 0 Å². The maximum atomic E-state index is 13.4. The molecule has 0 aromatic heterocycles. The first kappa shape index (κ1) is 23.5. The number of piperidine rings is 1. The predicted molar refractivity (Wildman–Crippen MR) is 121 cm³/mol. The van der Waals surface area contributed by atoms with Gasteiger partial charge >= 0.3 is 0 Å². The highest BCUT2D eigenvalue weighted by molar-refractivity contribution is 7.93. The van der Waals surface area contributed by atoms with Crippen molar-refractivity contribution in [2.24, 2.45) is 0 Å². The molecule has 1 fully saturated rings. The number of hydrogen-bond donors (Lipinski definition) is 3. The van der Waals surface area contributed by atoms with Gasteiger partial charge in [-0.1, -0.05) is 30.7 Å². The van der Waals surface area contributed by atoms with Crippen molar-refractivity contribution in [3.05, 3.63) is 59.1 Å². The summed E-state index contributed by atoms with van der Waals surface area (Å²) in [7, 11) is -3.99. The zero-order valence-corrected chi connectivity index (χ0v) is 19.0. The summed E-state index contributed by atoms with van der Waals surface area (Å²) in [5.41, 5.74) is 3.52. The number of hydrogen-bond acceptors (Lipinski definition) is 6. The number of anilines is 1. The lowest BCUT2D eigenvalue weighted by Gasteiger charge is -2.39. The van der Waals surface area contributed by atoms with Gasteiger partial charge in [0, 0.05) is 30.3 Å². The molecule has 0 radical (unpaired) electrons. The molecule has 1 amide bonds. The van der Waals surface area contributed by atoms with Crippen molar-refractivity contribution in [3.63, 3.8) is 0 Å².